The summed E-state index contributed by atoms with van der Waals surface area (Å²) in [6, 6.07) is 0. The second-order valence-corrected chi connectivity index (χ2v) is 4.42. The molecule has 0 bridgehead atoms. The number of hydrogen-bond acceptors (Lipinski definition) is 1. The van der Waals surface area contributed by atoms with E-state index in [2.05, 4.69) is 18.2 Å². The van der Waals surface area contributed by atoms with Crippen LogP contribution in [0.2, 0.25) is 0 Å². The highest BCUT2D eigenvalue weighted by molar-refractivity contribution is 5.21. The van der Waals surface area contributed by atoms with Gasteiger partial charge in [0.2, 0.25) is 0 Å². The lowest BCUT2D eigenvalue weighted by Crippen LogP contribution is -1.97. The van der Waals surface area contributed by atoms with Crippen LogP contribution in [0.5, 0.6) is 0 Å². The molecule has 0 amide bonds. The second kappa shape index (κ2) is 8.72. The minimum absolute atomic E-state index is 0.859. The van der Waals surface area contributed by atoms with Crippen molar-refractivity contribution in [1.82, 2.24) is 0 Å². The third-order valence-corrected chi connectivity index (χ3v) is 2.99. The molecule has 0 saturated heterocycles. The highest BCUT2D eigenvalue weighted by atomic mass is 14.5. The number of unbranched alkanes of at least 4 members (excludes halogenated alkanes) is 5. The van der Waals surface area contributed by atoms with Crippen LogP contribution in [0.1, 0.15) is 57.8 Å². The molecule has 0 unspecified atom stereocenters. The Kier molecular flexibility index (Phi) is 7.28. The van der Waals surface area contributed by atoms with Crippen molar-refractivity contribution in [1.29, 1.82) is 0 Å². The van der Waals surface area contributed by atoms with Gasteiger partial charge in [-0.25, -0.2) is 0 Å². The smallest absolute Gasteiger partial charge is 0.00773 e. The van der Waals surface area contributed by atoms with Gasteiger partial charge in [0, 0.05) is 0 Å². The van der Waals surface area contributed by atoms with Gasteiger partial charge in [-0.3, -0.25) is 0 Å². The van der Waals surface area contributed by atoms with Gasteiger partial charge in [0.15, 0.2) is 0 Å². The summed E-state index contributed by atoms with van der Waals surface area (Å²) in [4.78, 5) is 0. The van der Waals surface area contributed by atoms with Crippen molar-refractivity contribution in [3.8, 4) is 0 Å². The molecule has 1 nitrogen and oxygen atoms in total. The Morgan fingerprint density at radius 3 is 2.33 bits per heavy atom. The molecule has 0 fully saturated rings. The zero-order chi connectivity index (χ0) is 10.8. The topological polar surface area (TPSA) is 26.0 Å². The summed E-state index contributed by atoms with van der Waals surface area (Å²) in [5.74, 6) is 0. The van der Waals surface area contributed by atoms with E-state index in [0.717, 1.165) is 6.54 Å². The average Bonchev–Trinajstić information content (AvgIpc) is 2.29. The molecule has 0 aromatic carbocycles. The monoisotopic (exact) mass is 207 g/mol. The molecule has 2 N–H and O–H groups in total. The first-order chi connectivity index (χ1) is 7.43. The van der Waals surface area contributed by atoms with E-state index in [9.17, 15) is 0 Å². The molecule has 0 aromatic rings. The lowest BCUT2D eigenvalue weighted by molar-refractivity contribution is 0.597. The molecule has 1 heteroatoms. The Morgan fingerprint density at radius 2 is 1.67 bits per heavy atom. The van der Waals surface area contributed by atoms with Crippen molar-refractivity contribution in [2.45, 2.75) is 57.8 Å². The Bertz CT molecular complexity index is 203. The first-order valence-electron chi connectivity index (χ1n) is 6.49. The Morgan fingerprint density at radius 1 is 0.933 bits per heavy atom. The lowest BCUT2D eigenvalue weighted by Gasteiger charge is -2.06. The largest absolute Gasteiger partial charge is 0.330 e. The van der Waals surface area contributed by atoms with E-state index in [0.29, 0.717) is 0 Å². The van der Waals surface area contributed by atoms with E-state index in [1.54, 1.807) is 5.57 Å². The Balaban J connectivity index is 1.88. The third kappa shape index (κ3) is 6.51. The van der Waals surface area contributed by atoms with Crippen molar-refractivity contribution in [3.05, 3.63) is 23.8 Å². The number of allylic oxidation sites excluding steroid dienone is 4. The van der Waals surface area contributed by atoms with E-state index in [1.165, 1.54) is 57.8 Å². The molecule has 0 aliphatic heterocycles. The summed E-state index contributed by atoms with van der Waals surface area (Å²) in [6.45, 7) is 0.859. The second-order valence-electron chi connectivity index (χ2n) is 4.42. The predicted molar refractivity (Wildman–Crippen MR) is 67.8 cm³/mol. The first kappa shape index (κ1) is 12.5. The van der Waals surface area contributed by atoms with Gasteiger partial charge in [-0.05, 0) is 38.6 Å². The highest BCUT2D eigenvalue weighted by Crippen LogP contribution is 2.17. The molecule has 0 radical (unpaired) electrons. The molecular formula is C14H25N. The minimum atomic E-state index is 0.859. The van der Waals surface area contributed by atoms with E-state index in [1.807, 2.05) is 0 Å². The van der Waals surface area contributed by atoms with Crippen LogP contribution in [0.3, 0.4) is 0 Å². The molecule has 15 heavy (non-hydrogen) atoms. The molecule has 0 aromatic heterocycles. The summed E-state index contributed by atoms with van der Waals surface area (Å²) in [7, 11) is 0. The maximum absolute atomic E-state index is 5.45. The lowest BCUT2D eigenvalue weighted by atomic mass is 10.0. The number of nitrogens with two attached hydrogens (primary N) is 1. The van der Waals surface area contributed by atoms with Gasteiger partial charge in [0.1, 0.15) is 0 Å². The molecule has 0 saturated carbocycles. The van der Waals surface area contributed by atoms with E-state index < -0.39 is 0 Å². The fraction of sp³-hybridized carbons (Fsp3) is 0.714. The van der Waals surface area contributed by atoms with Crippen molar-refractivity contribution < 1.29 is 0 Å². The van der Waals surface area contributed by atoms with Gasteiger partial charge < -0.3 is 5.73 Å². The predicted octanol–water partition coefficient (Wildman–Crippen LogP) is 3.95. The van der Waals surface area contributed by atoms with Gasteiger partial charge in [-0.1, -0.05) is 49.5 Å². The molecule has 1 aliphatic rings. The van der Waals surface area contributed by atoms with Crippen molar-refractivity contribution >= 4 is 0 Å². The summed E-state index contributed by atoms with van der Waals surface area (Å²) >= 11 is 0. The van der Waals surface area contributed by atoms with Crippen LogP contribution in [0.15, 0.2) is 23.8 Å². The van der Waals surface area contributed by atoms with Crippen LogP contribution < -0.4 is 5.73 Å². The molecule has 0 heterocycles. The van der Waals surface area contributed by atoms with Gasteiger partial charge in [0.25, 0.3) is 0 Å². The molecule has 1 aliphatic carbocycles. The van der Waals surface area contributed by atoms with E-state index in [-0.39, 0.29) is 0 Å². The Hall–Kier alpha value is -0.560. The van der Waals surface area contributed by atoms with Crippen molar-refractivity contribution in [2.75, 3.05) is 6.54 Å². The van der Waals surface area contributed by atoms with Crippen LogP contribution in [-0.2, 0) is 0 Å². The molecule has 86 valence electrons. The molecule has 0 spiro atoms. The first-order valence-corrected chi connectivity index (χ1v) is 6.49. The van der Waals surface area contributed by atoms with Crippen LogP contribution in [0.25, 0.3) is 0 Å². The van der Waals surface area contributed by atoms with Gasteiger partial charge in [-0.2, -0.15) is 0 Å². The SMILES string of the molecule is NCCCCCCCCC1=CCCC=C1. The summed E-state index contributed by atoms with van der Waals surface area (Å²) < 4.78 is 0. The minimum Gasteiger partial charge on any atom is -0.330 e. The number of rotatable bonds is 8. The van der Waals surface area contributed by atoms with Crippen molar-refractivity contribution in [3.63, 3.8) is 0 Å². The third-order valence-electron chi connectivity index (χ3n) is 2.99. The van der Waals surface area contributed by atoms with Gasteiger partial charge >= 0.3 is 0 Å². The maximum Gasteiger partial charge on any atom is -0.00773 e. The summed E-state index contributed by atoms with van der Waals surface area (Å²) in [5.41, 5.74) is 7.01. The Labute approximate surface area is 94.4 Å². The summed E-state index contributed by atoms with van der Waals surface area (Å²) in [6.07, 6.45) is 18.8. The average molecular weight is 207 g/mol. The molecular weight excluding hydrogens is 182 g/mol. The van der Waals surface area contributed by atoms with Crippen LogP contribution in [0.4, 0.5) is 0 Å². The number of hydrogen-bond donors (Lipinski definition) is 1. The van der Waals surface area contributed by atoms with Crippen LogP contribution >= 0.6 is 0 Å². The zero-order valence-corrected chi connectivity index (χ0v) is 9.88. The van der Waals surface area contributed by atoms with Crippen LogP contribution in [0, 0.1) is 0 Å². The normalized spacial score (nSPS) is 15.4. The van der Waals surface area contributed by atoms with Crippen LogP contribution in [-0.4, -0.2) is 6.54 Å². The maximum atomic E-state index is 5.45. The fourth-order valence-corrected chi connectivity index (χ4v) is 2.03. The van der Waals surface area contributed by atoms with E-state index >= 15 is 0 Å². The van der Waals surface area contributed by atoms with E-state index in [4.69, 9.17) is 5.73 Å². The van der Waals surface area contributed by atoms with Gasteiger partial charge in [-0.15, -0.1) is 0 Å². The molecule has 1 rings (SSSR count). The highest BCUT2D eigenvalue weighted by Gasteiger charge is 1.97. The zero-order valence-electron chi connectivity index (χ0n) is 9.88. The van der Waals surface area contributed by atoms with Gasteiger partial charge in [0.05, 0.1) is 0 Å². The standard InChI is InChI=1S/C14H25N/c15-13-9-4-2-1-3-6-10-14-11-7-5-8-12-14/h7,11-12H,1-6,8-10,13,15H2. The quantitative estimate of drug-likeness (QED) is 0.599. The molecule has 0 atom stereocenters. The fourth-order valence-electron chi connectivity index (χ4n) is 2.03. The summed E-state index contributed by atoms with van der Waals surface area (Å²) in [5, 5.41) is 0. The van der Waals surface area contributed by atoms with Crippen molar-refractivity contribution in [2.24, 2.45) is 5.73 Å².